The predicted molar refractivity (Wildman–Crippen MR) is 104 cm³/mol. The highest BCUT2D eigenvalue weighted by atomic mass is 35.5. The molecule has 2 aromatic rings. The lowest BCUT2D eigenvalue weighted by Crippen LogP contribution is -2.24. The number of amides is 2. The van der Waals surface area contributed by atoms with Gasteiger partial charge in [-0.1, -0.05) is 42.3 Å². The molecule has 2 heterocycles. The summed E-state index contributed by atoms with van der Waals surface area (Å²) < 4.78 is 0. The van der Waals surface area contributed by atoms with Crippen molar-refractivity contribution in [3.8, 4) is 0 Å². The van der Waals surface area contributed by atoms with Gasteiger partial charge < -0.3 is 10.2 Å². The maximum atomic E-state index is 12.4. The second kappa shape index (κ2) is 8.14. The number of unbranched alkanes of at least 4 members (excludes halogenated alkanes) is 1. The molecule has 1 fully saturated rings. The van der Waals surface area contributed by atoms with Crippen molar-refractivity contribution in [2.45, 2.75) is 45.4 Å². The van der Waals surface area contributed by atoms with Gasteiger partial charge in [0.25, 0.3) is 0 Å². The first-order valence-electron chi connectivity index (χ1n) is 8.67. The topological polar surface area (TPSA) is 75.2 Å². The van der Waals surface area contributed by atoms with Crippen LogP contribution in [0.25, 0.3) is 0 Å². The zero-order valence-electron chi connectivity index (χ0n) is 14.8. The summed E-state index contributed by atoms with van der Waals surface area (Å²) in [4.78, 5) is 26.0. The fourth-order valence-corrected chi connectivity index (χ4v) is 3.87. The van der Waals surface area contributed by atoms with Crippen molar-refractivity contribution < 1.29 is 9.59 Å². The Morgan fingerprint density at radius 3 is 2.96 bits per heavy atom. The molecule has 0 unspecified atom stereocenters. The number of aryl methyl sites for hydroxylation is 1. The van der Waals surface area contributed by atoms with Crippen LogP contribution in [0, 0.1) is 6.92 Å². The van der Waals surface area contributed by atoms with Crippen LogP contribution in [0.15, 0.2) is 18.2 Å². The normalized spacial score (nSPS) is 17.0. The number of rotatable bonds is 6. The van der Waals surface area contributed by atoms with E-state index < -0.39 is 0 Å². The zero-order chi connectivity index (χ0) is 18.7. The minimum absolute atomic E-state index is 0.0265. The van der Waals surface area contributed by atoms with Crippen molar-refractivity contribution in [1.29, 1.82) is 0 Å². The molecule has 0 radical (unpaired) electrons. The van der Waals surface area contributed by atoms with Crippen molar-refractivity contribution >= 4 is 45.6 Å². The van der Waals surface area contributed by atoms with E-state index >= 15 is 0 Å². The number of aromatic nitrogens is 2. The van der Waals surface area contributed by atoms with Gasteiger partial charge in [0.05, 0.1) is 0 Å². The molecule has 26 heavy (non-hydrogen) atoms. The fraction of sp³-hybridized carbons (Fsp3) is 0.444. The molecular weight excluding hydrogens is 372 g/mol. The van der Waals surface area contributed by atoms with Crippen LogP contribution in [0.5, 0.6) is 0 Å². The molecule has 1 aromatic heterocycles. The monoisotopic (exact) mass is 392 g/mol. The van der Waals surface area contributed by atoms with E-state index in [0.717, 1.165) is 29.1 Å². The summed E-state index contributed by atoms with van der Waals surface area (Å²) in [5.41, 5.74) is 1.77. The molecule has 8 heteroatoms. The molecule has 1 saturated heterocycles. The summed E-state index contributed by atoms with van der Waals surface area (Å²) in [7, 11) is 0. The molecule has 1 aliphatic rings. The van der Waals surface area contributed by atoms with Crippen molar-refractivity contribution in [2.75, 3.05) is 16.8 Å². The van der Waals surface area contributed by atoms with Gasteiger partial charge >= 0.3 is 0 Å². The Morgan fingerprint density at radius 2 is 2.23 bits per heavy atom. The van der Waals surface area contributed by atoms with Crippen LogP contribution in [0.4, 0.5) is 10.8 Å². The molecule has 1 aliphatic heterocycles. The zero-order valence-corrected chi connectivity index (χ0v) is 16.4. The molecule has 2 amide bonds. The lowest BCUT2D eigenvalue weighted by atomic mass is 10.1. The third kappa shape index (κ3) is 4.22. The van der Waals surface area contributed by atoms with Gasteiger partial charge in [-0.2, -0.15) is 0 Å². The molecule has 6 nitrogen and oxygen atoms in total. The third-order valence-corrected chi connectivity index (χ3v) is 5.79. The van der Waals surface area contributed by atoms with Gasteiger partial charge in [-0.3, -0.25) is 9.59 Å². The Labute approximate surface area is 161 Å². The average Bonchev–Trinajstić information content (AvgIpc) is 3.22. The largest absolute Gasteiger partial charge is 0.312 e. The molecule has 1 N–H and O–H groups in total. The number of hydrogen-bond donors (Lipinski definition) is 1. The van der Waals surface area contributed by atoms with Crippen LogP contribution in [0.1, 0.15) is 49.1 Å². The predicted octanol–water partition coefficient (Wildman–Crippen LogP) is 4.15. The van der Waals surface area contributed by atoms with Gasteiger partial charge in [0.15, 0.2) is 0 Å². The Bertz CT molecular complexity index is 823. The van der Waals surface area contributed by atoms with Gasteiger partial charge in [-0.15, -0.1) is 10.2 Å². The molecule has 138 valence electrons. The number of hydrogen-bond acceptors (Lipinski definition) is 5. The highest BCUT2D eigenvalue weighted by molar-refractivity contribution is 7.15. The Kier molecular flexibility index (Phi) is 5.88. The second-order valence-corrected chi connectivity index (χ2v) is 7.85. The summed E-state index contributed by atoms with van der Waals surface area (Å²) in [5.74, 6) is -0.0343. The van der Waals surface area contributed by atoms with E-state index in [1.807, 2.05) is 32.0 Å². The smallest absolute Gasteiger partial charge is 0.227 e. The summed E-state index contributed by atoms with van der Waals surface area (Å²) in [6.45, 7) is 4.51. The van der Waals surface area contributed by atoms with E-state index in [-0.39, 0.29) is 17.7 Å². The van der Waals surface area contributed by atoms with E-state index in [0.29, 0.717) is 29.5 Å². The van der Waals surface area contributed by atoms with Gasteiger partial charge in [-0.25, -0.2) is 0 Å². The third-order valence-electron chi connectivity index (χ3n) is 4.39. The highest BCUT2D eigenvalue weighted by Gasteiger charge is 2.34. The van der Waals surface area contributed by atoms with Crippen LogP contribution in [-0.2, 0) is 9.59 Å². The van der Waals surface area contributed by atoms with E-state index in [4.69, 9.17) is 11.6 Å². The Hall–Kier alpha value is -1.99. The van der Waals surface area contributed by atoms with E-state index in [9.17, 15) is 9.59 Å². The van der Waals surface area contributed by atoms with Crippen molar-refractivity contribution in [1.82, 2.24) is 10.2 Å². The van der Waals surface area contributed by atoms with E-state index in [1.165, 1.54) is 11.3 Å². The van der Waals surface area contributed by atoms with E-state index in [1.54, 1.807) is 4.90 Å². The fourth-order valence-electron chi connectivity index (χ4n) is 2.84. The first-order chi connectivity index (χ1) is 12.5. The minimum atomic E-state index is -0.0482. The average molecular weight is 393 g/mol. The summed E-state index contributed by atoms with van der Waals surface area (Å²) in [5, 5.41) is 12.9. The molecule has 3 rings (SSSR count). The lowest BCUT2D eigenvalue weighted by Gasteiger charge is -2.17. The first-order valence-corrected chi connectivity index (χ1v) is 9.87. The van der Waals surface area contributed by atoms with Crippen LogP contribution in [0.2, 0.25) is 5.02 Å². The van der Waals surface area contributed by atoms with Crippen molar-refractivity contribution in [3.05, 3.63) is 33.8 Å². The maximum absolute atomic E-state index is 12.4. The number of carbonyl (C=O) groups is 2. The van der Waals surface area contributed by atoms with Crippen molar-refractivity contribution in [3.63, 3.8) is 0 Å². The maximum Gasteiger partial charge on any atom is 0.227 e. The van der Waals surface area contributed by atoms with Crippen LogP contribution in [-0.4, -0.2) is 28.6 Å². The van der Waals surface area contributed by atoms with Crippen LogP contribution in [0.3, 0.4) is 0 Å². The molecule has 1 atom stereocenters. The van der Waals surface area contributed by atoms with E-state index in [2.05, 4.69) is 15.5 Å². The summed E-state index contributed by atoms with van der Waals surface area (Å²) in [6.07, 6.45) is 2.68. The molecule has 1 aromatic carbocycles. The Balaban J connectivity index is 1.67. The number of halogens is 1. The summed E-state index contributed by atoms with van der Waals surface area (Å²) >= 11 is 7.52. The van der Waals surface area contributed by atoms with Gasteiger partial charge in [-0.05, 0) is 31.0 Å². The highest BCUT2D eigenvalue weighted by Crippen LogP contribution is 2.35. The van der Waals surface area contributed by atoms with Crippen LogP contribution >= 0.6 is 22.9 Å². The number of benzene rings is 1. The quantitative estimate of drug-likeness (QED) is 0.801. The first kappa shape index (κ1) is 18.8. The minimum Gasteiger partial charge on any atom is -0.312 e. The molecule has 0 saturated carbocycles. The van der Waals surface area contributed by atoms with Crippen LogP contribution < -0.4 is 10.2 Å². The standard InChI is InChI=1S/C18H21ClN4O2S/c1-3-4-5-15(24)20-18-22-21-17(26-18)12-8-16(25)23(10-12)13-7-6-11(2)14(19)9-13/h6-7,9,12H,3-5,8,10H2,1-2H3,(H,20,22,24)/t12-/m0/s1. The van der Waals surface area contributed by atoms with Gasteiger partial charge in [0.2, 0.25) is 16.9 Å². The molecule has 0 spiro atoms. The number of anilines is 2. The number of nitrogens with zero attached hydrogens (tertiary/aromatic N) is 3. The Morgan fingerprint density at radius 1 is 1.42 bits per heavy atom. The number of carbonyl (C=O) groups excluding carboxylic acids is 2. The summed E-state index contributed by atoms with van der Waals surface area (Å²) in [6, 6.07) is 5.63. The van der Waals surface area contributed by atoms with Gasteiger partial charge in [0, 0.05) is 36.0 Å². The second-order valence-electron chi connectivity index (χ2n) is 6.44. The molecule has 0 aliphatic carbocycles. The molecular formula is C18H21ClN4O2S. The molecule has 0 bridgehead atoms. The SMILES string of the molecule is CCCCC(=O)Nc1nnc([C@H]2CC(=O)N(c3ccc(C)c(Cl)c3)C2)s1. The lowest BCUT2D eigenvalue weighted by molar-refractivity contribution is -0.117. The van der Waals surface area contributed by atoms with Crippen molar-refractivity contribution in [2.24, 2.45) is 0 Å². The number of nitrogens with one attached hydrogen (secondary N) is 1. The van der Waals surface area contributed by atoms with Gasteiger partial charge in [0.1, 0.15) is 5.01 Å².